The van der Waals surface area contributed by atoms with Gasteiger partial charge in [0.2, 0.25) is 0 Å². The number of benzene rings is 1. The first-order valence-corrected chi connectivity index (χ1v) is 4.95. The van der Waals surface area contributed by atoms with Gasteiger partial charge in [-0.05, 0) is 17.7 Å². The van der Waals surface area contributed by atoms with Crippen molar-refractivity contribution in [3.05, 3.63) is 29.8 Å². The number of halogens is 3. The molecule has 1 aromatic rings. The highest BCUT2D eigenvalue weighted by Gasteiger charge is 2.31. The van der Waals surface area contributed by atoms with E-state index in [1.54, 1.807) is 12.1 Å². The average Bonchev–Trinajstić information content (AvgIpc) is 2.12. The van der Waals surface area contributed by atoms with E-state index in [1.807, 2.05) is 13.8 Å². The van der Waals surface area contributed by atoms with Crippen LogP contribution in [0.15, 0.2) is 24.3 Å². The highest BCUT2D eigenvalue weighted by Crippen LogP contribution is 2.23. The molecule has 1 N–H and O–H groups in total. The topological polar surface area (TPSA) is 21.3 Å². The minimum absolute atomic E-state index is 0.185. The fraction of sp³-hybridized carbons (Fsp3) is 0.455. The van der Waals surface area contributed by atoms with Crippen molar-refractivity contribution in [1.29, 1.82) is 0 Å². The molecule has 0 aliphatic carbocycles. The minimum Gasteiger partial charge on any atom is -0.406 e. The molecule has 0 saturated heterocycles. The average molecular weight is 233 g/mol. The summed E-state index contributed by atoms with van der Waals surface area (Å²) in [6, 6.07) is 6.24. The Morgan fingerprint density at radius 2 is 2.00 bits per heavy atom. The Morgan fingerprint density at radius 3 is 2.56 bits per heavy atom. The predicted molar refractivity (Wildman–Crippen MR) is 55.1 cm³/mol. The molecule has 5 heteroatoms. The smallest absolute Gasteiger partial charge is 0.406 e. The highest BCUT2D eigenvalue weighted by atomic mass is 19.4. The number of alkyl halides is 3. The molecule has 0 radical (unpaired) electrons. The van der Waals surface area contributed by atoms with Gasteiger partial charge in [-0.15, -0.1) is 13.2 Å². The third kappa shape index (κ3) is 5.02. The van der Waals surface area contributed by atoms with Crippen LogP contribution in [0.2, 0.25) is 0 Å². The molecule has 0 atom stereocenters. The second-order valence-electron chi connectivity index (χ2n) is 3.73. The van der Waals surface area contributed by atoms with E-state index in [1.165, 1.54) is 12.1 Å². The molecule has 1 rings (SSSR count). The van der Waals surface area contributed by atoms with E-state index in [4.69, 9.17) is 0 Å². The number of hydrogen-bond donors (Lipinski definition) is 1. The molecule has 90 valence electrons. The van der Waals surface area contributed by atoms with E-state index in [0.717, 1.165) is 5.56 Å². The molecule has 0 unspecified atom stereocenters. The highest BCUT2D eigenvalue weighted by molar-refractivity contribution is 5.28. The van der Waals surface area contributed by atoms with Crippen LogP contribution < -0.4 is 10.1 Å². The van der Waals surface area contributed by atoms with Crippen LogP contribution in [0.3, 0.4) is 0 Å². The van der Waals surface area contributed by atoms with Crippen molar-refractivity contribution in [2.75, 3.05) is 0 Å². The summed E-state index contributed by atoms with van der Waals surface area (Å²) in [6.45, 7) is 4.46. The van der Waals surface area contributed by atoms with Crippen molar-refractivity contribution in [3.8, 4) is 5.75 Å². The van der Waals surface area contributed by atoms with Gasteiger partial charge < -0.3 is 10.1 Å². The molecule has 1 aromatic carbocycles. The SMILES string of the molecule is CC(C)NCc1cccc(OC(F)(F)F)c1. The summed E-state index contributed by atoms with van der Waals surface area (Å²) in [4.78, 5) is 0. The van der Waals surface area contributed by atoms with Crippen LogP contribution >= 0.6 is 0 Å². The van der Waals surface area contributed by atoms with Crippen molar-refractivity contribution in [1.82, 2.24) is 5.32 Å². The zero-order valence-corrected chi connectivity index (χ0v) is 9.14. The second kappa shape index (κ2) is 5.21. The van der Waals surface area contributed by atoms with Gasteiger partial charge in [-0.2, -0.15) is 0 Å². The van der Waals surface area contributed by atoms with E-state index in [-0.39, 0.29) is 11.8 Å². The molecule has 0 saturated carbocycles. The largest absolute Gasteiger partial charge is 0.573 e. The van der Waals surface area contributed by atoms with Gasteiger partial charge in [0, 0.05) is 12.6 Å². The first-order valence-electron chi connectivity index (χ1n) is 4.95. The maximum atomic E-state index is 11.9. The van der Waals surface area contributed by atoms with Gasteiger partial charge in [-0.3, -0.25) is 0 Å². The molecule has 0 amide bonds. The summed E-state index contributed by atoms with van der Waals surface area (Å²) in [6.07, 6.45) is -4.63. The Kier molecular flexibility index (Phi) is 4.18. The van der Waals surface area contributed by atoms with Gasteiger partial charge in [0.25, 0.3) is 0 Å². The first kappa shape index (κ1) is 12.8. The Hall–Kier alpha value is -1.23. The third-order valence-electron chi connectivity index (χ3n) is 1.85. The summed E-state index contributed by atoms with van der Waals surface area (Å²) in [5.74, 6) is -0.185. The minimum atomic E-state index is -4.63. The summed E-state index contributed by atoms with van der Waals surface area (Å²) < 4.78 is 39.7. The van der Waals surface area contributed by atoms with Gasteiger partial charge in [-0.25, -0.2) is 0 Å². The Balaban J connectivity index is 2.64. The monoisotopic (exact) mass is 233 g/mol. The Bertz CT molecular complexity index is 336. The molecule has 16 heavy (non-hydrogen) atoms. The number of ether oxygens (including phenoxy) is 1. The maximum Gasteiger partial charge on any atom is 0.573 e. The van der Waals surface area contributed by atoms with Crippen LogP contribution in [0, 0.1) is 0 Å². The van der Waals surface area contributed by atoms with Gasteiger partial charge >= 0.3 is 6.36 Å². The standard InChI is InChI=1S/C11H14F3NO/c1-8(2)15-7-9-4-3-5-10(6-9)16-11(12,13)14/h3-6,8,15H,7H2,1-2H3. The molecule has 0 aliphatic rings. The van der Waals surface area contributed by atoms with Crippen LogP contribution in [0.5, 0.6) is 5.75 Å². The molecule has 0 heterocycles. The van der Waals surface area contributed by atoms with E-state index in [2.05, 4.69) is 10.1 Å². The lowest BCUT2D eigenvalue weighted by Gasteiger charge is -2.11. The normalized spacial score (nSPS) is 11.9. The van der Waals surface area contributed by atoms with Crippen molar-refractivity contribution in [2.24, 2.45) is 0 Å². The quantitative estimate of drug-likeness (QED) is 0.862. The maximum absolute atomic E-state index is 11.9. The Labute approximate surface area is 92.4 Å². The van der Waals surface area contributed by atoms with Gasteiger partial charge in [0.1, 0.15) is 5.75 Å². The van der Waals surface area contributed by atoms with Crippen molar-refractivity contribution in [3.63, 3.8) is 0 Å². The second-order valence-corrected chi connectivity index (χ2v) is 3.73. The van der Waals surface area contributed by atoms with Crippen LogP contribution in [-0.2, 0) is 6.54 Å². The molecular formula is C11H14F3NO. The van der Waals surface area contributed by atoms with E-state index >= 15 is 0 Å². The molecule has 2 nitrogen and oxygen atoms in total. The van der Waals surface area contributed by atoms with Crippen LogP contribution in [-0.4, -0.2) is 12.4 Å². The summed E-state index contributed by atoms with van der Waals surface area (Å²) in [7, 11) is 0. The zero-order chi connectivity index (χ0) is 12.2. The van der Waals surface area contributed by atoms with Crippen LogP contribution in [0.1, 0.15) is 19.4 Å². The molecule has 0 aromatic heterocycles. The van der Waals surface area contributed by atoms with E-state index in [9.17, 15) is 13.2 Å². The molecular weight excluding hydrogens is 219 g/mol. The lowest BCUT2D eigenvalue weighted by Crippen LogP contribution is -2.22. The molecule has 0 spiro atoms. The number of hydrogen-bond acceptors (Lipinski definition) is 2. The molecule has 0 bridgehead atoms. The van der Waals surface area contributed by atoms with Gasteiger partial charge in [-0.1, -0.05) is 26.0 Å². The zero-order valence-electron chi connectivity index (χ0n) is 9.14. The van der Waals surface area contributed by atoms with Crippen molar-refractivity contribution < 1.29 is 17.9 Å². The number of nitrogens with one attached hydrogen (secondary N) is 1. The Morgan fingerprint density at radius 1 is 1.31 bits per heavy atom. The van der Waals surface area contributed by atoms with E-state index in [0.29, 0.717) is 6.54 Å². The third-order valence-corrected chi connectivity index (χ3v) is 1.85. The first-order chi connectivity index (χ1) is 7.37. The van der Waals surface area contributed by atoms with Crippen LogP contribution in [0.4, 0.5) is 13.2 Å². The summed E-state index contributed by atoms with van der Waals surface area (Å²) in [5, 5.41) is 3.12. The van der Waals surface area contributed by atoms with Crippen LogP contribution in [0.25, 0.3) is 0 Å². The van der Waals surface area contributed by atoms with E-state index < -0.39 is 6.36 Å². The lowest BCUT2D eigenvalue weighted by atomic mass is 10.2. The van der Waals surface area contributed by atoms with Crippen molar-refractivity contribution in [2.45, 2.75) is 32.8 Å². The lowest BCUT2D eigenvalue weighted by molar-refractivity contribution is -0.274. The number of rotatable bonds is 4. The van der Waals surface area contributed by atoms with Gasteiger partial charge in [0.05, 0.1) is 0 Å². The fourth-order valence-electron chi connectivity index (χ4n) is 1.17. The van der Waals surface area contributed by atoms with Gasteiger partial charge in [0.15, 0.2) is 0 Å². The summed E-state index contributed by atoms with van der Waals surface area (Å²) in [5.41, 5.74) is 0.760. The predicted octanol–water partition coefficient (Wildman–Crippen LogP) is 3.08. The van der Waals surface area contributed by atoms with Crippen molar-refractivity contribution >= 4 is 0 Å². The molecule has 0 aliphatic heterocycles. The molecule has 0 fully saturated rings. The fourth-order valence-corrected chi connectivity index (χ4v) is 1.17. The summed E-state index contributed by atoms with van der Waals surface area (Å²) >= 11 is 0.